The van der Waals surface area contributed by atoms with Gasteiger partial charge in [-0.2, -0.15) is 5.26 Å². The van der Waals surface area contributed by atoms with E-state index in [1.165, 1.54) is 0 Å². The van der Waals surface area contributed by atoms with E-state index in [2.05, 4.69) is 5.32 Å². The number of nitrogens with zero attached hydrogens (tertiary/aromatic N) is 1. The third-order valence-corrected chi connectivity index (χ3v) is 3.84. The molecule has 0 unspecified atom stereocenters. The first-order valence-electron chi connectivity index (χ1n) is 8.50. The van der Waals surface area contributed by atoms with Crippen LogP contribution in [-0.4, -0.2) is 38.9 Å². The monoisotopic (exact) mass is 344 g/mol. The van der Waals surface area contributed by atoms with Gasteiger partial charge in [-0.25, -0.2) is 0 Å². The number of carbonyl (C=O) groups excluding carboxylic acids is 1. The van der Waals surface area contributed by atoms with Gasteiger partial charge in [-0.05, 0) is 43.0 Å². The molecule has 0 aliphatic carbocycles. The zero-order valence-electron chi connectivity index (χ0n) is 14.7. The van der Waals surface area contributed by atoms with Gasteiger partial charge in [0.2, 0.25) is 0 Å². The average Bonchev–Trinajstić information content (AvgIpc) is 3.16. The van der Waals surface area contributed by atoms with Crippen molar-refractivity contribution in [2.24, 2.45) is 0 Å². The summed E-state index contributed by atoms with van der Waals surface area (Å²) in [6.07, 6.45) is 4.40. The zero-order valence-corrected chi connectivity index (χ0v) is 14.7. The van der Waals surface area contributed by atoms with E-state index < -0.39 is 5.91 Å². The second-order valence-corrected chi connectivity index (χ2v) is 5.77. The molecule has 1 aliphatic rings. The Bertz CT molecular complexity index is 658. The SMILES string of the molecule is CCCOc1cc(/C=C(\C#N)C(=O)NC[C@@H]2CCCO2)ccc1OC. The number of rotatable bonds is 8. The van der Waals surface area contributed by atoms with Gasteiger partial charge in [0, 0.05) is 13.2 Å². The van der Waals surface area contributed by atoms with Crippen molar-refractivity contribution in [3.05, 3.63) is 29.3 Å². The molecule has 0 aromatic heterocycles. The lowest BCUT2D eigenvalue weighted by atomic mass is 10.1. The van der Waals surface area contributed by atoms with Gasteiger partial charge in [0.25, 0.3) is 5.91 Å². The smallest absolute Gasteiger partial charge is 0.262 e. The van der Waals surface area contributed by atoms with E-state index in [0.29, 0.717) is 30.2 Å². The topological polar surface area (TPSA) is 80.6 Å². The molecule has 25 heavy (non-hydrogen) atoms. The molecule has 134 valence electrons. The van der Waals surface area contributed by atoms with E-state index in [4.69, 9.17) is 14.2 Å². The van der Waals surface area contributed by atoms with Crippen LogP contribution in [0.5, 0.6) is 11.5 Å². The van der Waals surface area contributed by atoms with E-state index in [0.717, 1.165) is 25.9 Å². The Morgan fingerprint density at radius 1 is 1.48 bits per heavy atom. The first kappa shape index (κ1) is 18.8. The molecular weight excluding hydrogens is 320 g/mol. The van der Waals surface area contributed by atoms with Crippen LogP contribution < -0.4 is 14.8 Å². The molecule has 1 aliphatic heterocycles. The van der Waals surface area contributed by atoms with Crippen LogP contribution in [0.1, 0.15) is 31.7 Å². The molecule has 1 fully saturated rings. The van der Waals surface area contributed by atoms with Crippen LogP contribution in [0.3, 0.4) is 0 Å². The number of benzene rings is 1. The fourth-order valence-corrected chi connectivity index (χ4v) is 2.53. The van der Waals surface area contributed by atoms with Crippen LogP contribution >= 0.6 is 0 Å². The normalized spacial score (nSPS) is 17.0. The number of amides is 1. The van der Waals surface area contributed by atoms with Crippen molar-refractivity contribution in [2.45, 2.75) is 32.3 Å². The summed E-state index contributed by atoms with van der Waals surface area (Å²) in [6, 6.07) is 7.26. The van der Waals surface area contributed by atoms with Crippen molar-refractivity contribution in [1.29, 1.82) is 5.26 Å². The number of nitrogens with one attached hydrogen (secondary N) is 1. The number of carbonyl (C=O) groups is 1. The molecule has 1 N–H and O–H groups in total. The molecule has 6 nitrogen and oxygen atoms in total. The Morgan fingerprint density at radius 2 is 2.32 bits per heavy atom. The molecule has 0 saturated carbocycles. The van der Waals surface area contributed by atoms with Crippen molar-refractivity contribution < 1.29 is 19.0 Å². The highest BCUT2D eigenvalue weighted by Gasteiger charge is 2.17. The molecule has 1 aromatic carbocycles. The van der Waals surface area contributed by atoms with Gasteiger partial charge in [-0.15, -0.1) is 0 Å². The van der Waals surface area contributed by atoms with Crippen LogP contribution in [0.4, 0.5) is 0 Å². The summed E-state index contributed by atoms with van der Waals surface area (Å²) in [5, 5.41) is 12.1. The molecule has 6 heteroatoms. The van der Waals surface area contributed by atoms with E-state index in [1.807, 2.05) is 13.0 Å². The Morgan fingerprint density at radius 3 is 2.96 bits per heavy atom. The highest BCUT2D eigenvalue weighted by Crippen LogP contribution is 2.29. The first-order chi connectivity index (χ1) is 12.2. The highest BCUT2D eigenvalue weighted by molar-refractivity contribution is 6.01. The lowest BCUT2D eigenvalue weighted by Crippen LogP contribution is -2.32. The van der Waals surface area contributed by atoms with Gasteiger partial charge in [-0.1, -0.05) is 13.0 Å². The first-order valence-corrected chi connectivity index (χ1v) is 8.50. The second-order valence-electron chi connectivity index (χ2n) is 5.77. The molecule has 1 atom stereocenters. The minimum atomic E-state index is -0.398. The zero-order chi connectivity index (χ0) is 18.1. The van der Waals surface area contributed by atoms with Gasteiger partial charge in [0.05, 0.1) is 19.8 Å². The number of nitriles is 1. The van der Waals surface area contributed by atoms with Crippen LogP contribution in [0.25, 0.3) is 6.08 Å². The molecule has 1 amide bonds. The van der Waals surface area contributed by atoms with Crippen molar-refractivity contribution >= 4 is 12.0 Å². The summed E-state index contributed by atoms with van der Waals surface area (Å²) in [5.41, 5.74) is 0.750. The van der Waals surface area contributed by atoms with Gasteiger partial charge >= 0.3 is 0 Å². The maximum Gasteiger partial charge on any atom is 0.262 e. The molecule has 1 aromatic rings. The fraction of sp³-hybridized carbons (Fsp3) is 0.474. The van der Waals surface area contributed by atoms with E-state index >= 15 is 0 Å². The minimum Gasteiger partial charge on any atom is -0.493 e. The Labute approximate surface area is 148 Å². The number of hydrogen-bond acceptors (Lipinski definition) is 5. The van der Waals surface area contributed by atoms with Gasteiger partial charge in [0.1, 0.15) is 11.6 Å². The quantitative estimate of drug-likeness (QED) is 0.579. The largest absolute Gasteiger partial charge is 0.493 e. The van der Waals surface area contributed by atoms with Gasteiger partial charge < -0.3 is 19.5 Å². The number of methoxy groups -OCH3 is 1. The second kappa shape index (κ2) is 9.70. The number of ether oxygens (including phenoxy) is 3. The lowest BCUT2D eigenvalue weighted by Gasteiger charge is -2.11. The van der Waals surface area contributed by atoms with Crippen LogP contribution in [0, 0.1) is 11.3 Å². The fourth-order valence-electron chi connectivity index (χ4n) is 2.53. The Kier molecular flexibility index (Phi) is 7.30. The molecule has 0 spiro atoms. The maximum atomic E-state index is 12.2. The van der Waals surface area contributed by atoms with Crippen molar-refractivity contribution in [1.82, 2.24) is 5.32 Å². The van der Waals surface area contributed by atoms with Crippen molar-refractivity contribution in [2.75, 3.05) is 26.9 Å². The van der Waals surface area contributed by atoms with Crippen LogP contribution in [0.15, 0.2) is 23.8 Å². The summed E-state index contributed by atoms with van der Waals surface area (Å²) in [7, 11) is 1.57. The standard InChI is InChI=1S/C19H24N2O4/c1-3-8-25-18-11-14(6-7-17(18)23-2)10-15(12-20)19(22)21-13-16-5-4-9-24-16/h6-7,10-11,16H,3-5,8-9,13H2,1-2H3,(H,21,22)/b15-10+/t16-/m0/s1. The average molecular weight is 344 g/mol. The number of hydrogen-bond donors (Lipinski definition) is 1. The lowest BCUT2D eigenvalue weighted by molar-refractivity contribution is -0.117. The summed E-state index contributed by atoms with van der Waals surface area (Å²) in [5.74, 6) is 0.812. The molecule has 2 rings (SSSR count). The van der Waals surface area contributed by atoms with Crippen molar-refractivity contribution in [3.8, 4) is 17.6 Å². The Balaban J connectivity index is 2.09. The van der Waals surface area contributed by atoms with Gasteiger partial charge in [-0.3, -0.25) is 4.79 Å². The third kappa shape index (κ3) is 5.50. The third-order valence-electron chi connectivity index (χ3n) is 3.84. The van der Waals surface area contributed by atoms with Crippen LogP contribution in [-0.2, 0) is 9.53 Å². The van der Waals surface area contributed by atoms with Crippen molar-refractivity contribution in [3.63, 3.8) is 0 Å². The molecule has 1 saturated heterocycles. The maximum absolute atomic E-state index is 12.2. The van der Waals surface area contributed by atoms with Crippen LogP contribution in [0.2, 0.25) is 0 Å². The predicted octanol–water partition coefficient (Wildman–Crippen LogP) is 2.69. The molecule has 1 heterocycles. The summed E-state index contributed by atoms with van der Waals surface area (Å²) in [4.78, 5) is 12.2. The minimum absolute atomic E-state index is 0.0407. The van der Waals surface area contributed by atoms with E-state index in [-0.39, 0.29) is 11.7 Å². The molecular formula is C19H24N2O4. The molecule has 0 radical (unpaired) electrons. The summed E-state index contributed by atoms with van der Waals surface area (Å²) < 4.78 is 16.4. The van der Waals surface area contributed by atoms with E-state index in [9.17, 15) is 10.1 Å². The Hall–Kier alpha value is -2.52. The summed E-state index contributed by atoms with van der Waals surface area (Å²) >= 11 is 0. The highest BCUT2D eigenvalue weighted by atomic mass is 16.5. The van der Waals surface area contributed by atoms with E-state index in [1.54, 1.807) is 31.4 Å². The molecule has 0 bridgehead atoms. The predicted molar refractivity (Wildman–Crippen MR) is 94.4 cm³/mol. The van der Waals surface area contributed by atoms with Gasteiger partial charge in [0.15, 0.2) is 11.5 Å². The summed E-state index contributed by atoms with van der Waals surface area (Å²) in [6.45, 7) is 3.73.